The Labute approximate surface area is 178 Å². The van der Waals surface area contributed by atoms with Crippen LogP contribution in [-0.4, -0.2) is 67.1 Å². The Bertz CT molecular complexity index is 1080. The number of ether oxygens (including phenoxy) is 1. The number of carbonyl (C=O) groups is 2. The number of hydrogen-bond donors (Lipinski definition) is 3. The van der Waals surface area contributed by atoms with Crippen LogP contribution in [0.25, 0.3) is 0 Å². The number of nitrogens with zero attached hydrogens (tertiary/aromatic N) is 2. The van der Waals surface area contributed by atoms with E-state index in [0.29, 0.717) is 15.8 Å². The van der Waals surface area contributed by atoms with Gasteiger partial charge in [0.1, 0.15) is 17.3 Å². The largest absolute Gasteiger partial charge is 0.457 e. The molecule has 0 bridgehead atoms. The lowest BCUT2D eigenvalue weighted by Crippen LogP contribution is -2.70. The van der Waals surface area contributed by atoms with Gasteiger partial charge in [-0.05, 0) is 48.5 Å². The van der Waals surface area contributed by atoms with Crippen LogP contribution < -0.4 is 15.8 Å². The first-order chi connectivity index (χ1) is 14.6. The number of nitrogens with one attached hydrogen (secondary N) is 1. The molecule has 1 aliphatic rings. The molecule has 0 aliphatic carbocycles. The van der Waals surface area contributed by atoms with E-state index < -0.39 is 40.0 Å². The molecule has 0 spiro atoms. The molecular formula is C19H21FN4O6S. The van der Waals surface area contributed by atoms with Crippen LogP contribution in [0.3, 0.4) is 0 Å². The fourth-order valence-electron chi connectivity index (χ4n) is 3.12. The van der Waals surface area contributed by atoms with E-state index in [2.05, 4.69) is 5.32 Å². The zero-order chi connectivity index (χ0) is 22.8. The molecule has 12 heteroatoms. The Balaban J connectivity index is 1.85. The number of nitrogens with two attached hydrogens (primary N) is 1. The van der Waals surface area contributed by atoms with Gasteiger partial charge in [0.25, 0.3) is 5.91 Å². The van der Waals surface area contributed by atoms with Crippen molar-refractivity contribution in [1.29, 1.82) is 0 Å². The standard InChI is InChI=1S/C19H21FN4O6S/c1-22-18(26)23-10-11-24(19(27,12-23)17(21)25)31(28,29)16-8-6-15(7-9-16)30-14-4-2-13(20)3-5-14/h2-9,27H,10-12H2,1H3,(H2,21,25)(H,22,26). The van der Waals surface area contributed by atoms with Gasteiger partial charge in [-0.1, -0.05) is 0 Å². The molecular weight excluding hydrogens is 431 g/mol. The topological polar surface area (TPSA) is 142 Å². The van der Waals surface area contributed by atoms with Gasteiger partial charge in [-0.3, -0.25) is 4.79 Å². The molecule has 166 valence electrons. The van der Waals surface area contributed by atoms with E-state index >= 15 is 0 Å². The number of piperazine rings is 1. The molecule has 1 atom stereocenters. The number of hydrogen-bond acceptors (Lipinski definition) is 6. The lowest BCUT2D eigenvalue weighted by molar-refractivity contribution is -0.157. The zero-order valence-corrected chi connectivity index (χ0v) is 17.3. The van der Waals surface area contributed by atoms with Crippen LogP contribution in [0, 0.1) is 5.82 Å². The number of amides is 3. The summed E-state index contributed by atoms with van der Waals surface area (Å²) in [5.74, 6) is -1.08. The molecule has 3 amide bonds. The Morgan fingerprint density at radius 2 is 1.65 bits per heavy atom. The molecule has 0 radical (unpaired) electrons. The number of benzene rings is 2. The van der Waals surface area contributed by atoms with Gasteiger partial charge in [0.05, 0.1) is 11.4 Å². The molecule has 0 aromatic heterocycles. The van der Waals surface area contributed by atoms with Crippen molar-refractivity contribution in [3.8, 4) is 11.5 Å². The Morgan fingerprint density at radius 1 is 1.10 bits per heavy atom. The summed E-state index contributed by atoms with van der Waals surface area (Å²) in [6.45, 7) is -1.02. The highest BCUT2D eigenvalue weighted by Crippen LogP contribution is 2.29. The summed E-state index contributed by atoms with van der Waals surface area (Å²) < 4.78 is 45.3. The third-order valence-electron chi connectivity index (χ3n) is 4.75. The van der Waals surface area contributed by atoms with Crippen molar-refractivity contribution in [2.24, 2.45) is 5.73 Å². The van der Waals surface area contributed by atoms with E-state index in [1.54, 1.807) is 0 Å². The maximum absolute atomic E-state index is 13.1. The van der Waals surface area contributed by atoms with Gasteiger partial charge in [-0.25, -0.2) is 17.6 Å². The highest BCUT2D eigenvalue weighted by molar-refractivity contribution is 7.89. The van der Waals surface area contributed by atoms with E-state index in [0.717, 1.165) is 4.90 Å². The number of rotatable bonds is 5. The second kappa shape index (κ2) is 8.49. The smallest absolute Gasteiger partial charge is 0.317 e. The molecule has 0 saturated carbocycles. The van der Waals surface area contributed by atoms with E-state index in [4.69, 9.17) is 10.5 Å². The number of halogens is 1. The molecule has 1 unspecified atom stereocenters. The SMILES string of the molecule is CNC(=O)N1CCN(S(=O)(=O)c2ccc(Oc3ccc(F)cc3)cc2)C(O)(C(N)=O)C1. The molecule has 1 fully saturated rings. The predicted octanol–water partition coefficient (Wildman–Crippen LogP) is 0.438. The quantitative estimate of drug-likeness (QED) is 0.601. The first kappa shape index (κ1) is 22.5. The van der Waals surface area contributed by atoms with Gasteiger partial charge in [0.15, 0.2) is 0 Å². The van der Waals surface area contributed by atoms with Crippen molar-refractivity contribution in [2.75, 3.05) is 26.7 Å². The molecule has 2 aromatic rings. The highest BCUT2D eigenvalue weighted by Gasteiger charge is 2.52. The van der Waals surface area contributed by atoms with E-state index in [-0.39, 0.29) is 18.0 Å². The van der Waals surface area contributed by atoms with Crippen molar-refractivity contribution in [3.63, 3.8) is 0 Å². The molecule has 1 aliphatic heterocycles. The number of carbonyl (C=O) groups excluding carboxylic acids is 2. The molecule has 10 nitrogen and oxygen atoms in total. The normalized spacial score (nSPS) is 19.6. The number of primary amides is 1. The summed E-state index contributed by atoms with van der Waals surface area (Å²) in [5, 5.41) is 13.1. The van der Waals surface area contributed by atoms with Crippen LogP contribution in [0.15, 0.2) is 53.4 Å². The summed E-state index contributed by atoms with van der Waals surface area (Å²) in [6, 6.07) is 9.91. The maximum Gasteiger partial charge on any atom is 0.317 e. The van der Waals surface area contributed by atoms with Crippen molar-refractivity contribution < 1.29 is 32.2 Å². The van der Waals surface area contributed by atoms with Crippen molar-refractivity contribution in [1.82, 2.24) is 14.5 Å². The predicted molar refractivity (Wildman–Crippen MR) is 107 cm³/mol. The van der Waals surface area contributed by atoms with Gasteiger partial charge in [-0.2, -0.15) is 4.31 Å². The molecule has 31 heavy (non-hydrogen) atoms. The van der Waals surface area contributed by atoms with Crippen LogP contribution in [0.1, 0.15) is 0 Å². The maximum atomic E-state index is 13.1. The van der Waals surface area contributed by atoms with E-state index in [1.165, 1.54) is 55.6 Å². The minimum absolute atomic E-state index is 0.0553. The van der Waals surface area contributed by atoms with Gasteiger partial charge in [0.2, 0.25) is 15.7 Å². The van der Waals surface area contributed by atoms with Crippen molar-refractivity contribution >= 4 is 22.0 Å². The fourth-order valence-corrected chi connectivity index (χ4v) is 4.72. The first-order valence-corrected chi connectivity index (χ1v) is 10.6. The number of aliphatic hydroxyl groups is 1. The number of β-amino-alcohol motifs (C(OH)–C–C–N with tert-alkyl or cyclic N) is 1. The zero-order valence-electron chi connectivity index (χ0n) is 16.5. The first-order valence-electron chi connectivity index (χ1n) is 9.13. The van der Waals surface area contributed by atoms with Crippen molar-refractivity contribution in [2.45, 2.75) is 10.6 Å². The van der Waals surface area contributed by atoms with Crippen LogP contribution in [0.5, 0.6) is 11.5 Å². The third-order valence-corrected chi connectivity index (χ3v) is 6.69. The van der Waals surface area contributed by atoms with Crippen LogP contribution >= 0.6 is 0 Å². The summed E-state index contributed by atoms with van der Waals surface area (Å²) >= 11 is 0. The molecule has 1 saturated heterocycles. The summed E-state index contributed by atoms with van der Waals surface area (Å²) in [7, 11) is -2.98. The van der Waals surface area contributed by atoms with Crippen LogP contribution in [-0.2, 0) is 14.8 Å². The Hall–Kier alpha value is -3.22. The fraction of sp³-hybridized carbons (Fsp3) is 0.263. The molecule has 2 aromatic carbocycles. The van der Waals surface area contributed by atoms with Crippen LogP contribution in [0.4, 0.5) is 9.18 Å². The minimum Gasteiger partial charge on any atom is -0.457 e. The average molecular weight is 452 g/mol. The van der Waals surface area contributed by atoms with E-state index in [1.807, 2.05) is 0 Å². The molecule has 1 heterocycles. The van der Waals surface area contributed by atoms with Gasteiger partial charge in [-0.15, -0.1) is 0 Å². The summed E-state index contributed by atoms with van der Waals surface area (Å²) in [4.78, 5) is 24.7. The lowest BCUT2D eigenvalue weighted by atomic mass is 10.1. The minimum atomic E-state index is -4.35. The lowest BCUT2D eigenvalue weighted by Gasteiger charge is -2.44. The second-order valence-electron chi connectivity index (χ2n) is 6.76. The summed E-state index contributed by atoms with van der Waals surface area (Å²) in [5.41, 5.74) is 2.67. The average Bonchev–Trinajstić information content (AvgIpc) is 2.74. The monoisotopic (exact) mass is 452 g/mol. The Kier molecular flexibility index (Phi) is 6.15. The van der Waals surface area contributed by atoms with Gasteiger partial charge >= 0.3 is 6.03 Å². The summed E-state index contributed by atoms with van der Waals surface area (Å²) in [6.07, 6.45) is 0. The highest BCUT2D eigenvalue weighted by atomic mass is 32.2. The van der Waals surface area contributed by atoms with E-state index in [9.17, 15) is 27.5 Å². The second-order valence-corrected chi connectivity index (χ2v) is 8.62. The number of urea groups is 1. The van der Waals surface area contributed by atoms with Gasteiger partial charge < -0.3 is 25.8 Å². The van der Waals surface area contributed by atoms with Gasteiger partial charge in [0, 0.05) is 20.1 Å². The number of sulfonamides is 1. The Morgan fingerprint density at radius 3 is 2.16 bits per heavy atom. The molecule has 4 N–H and O–H groups in total. The van der Waals surface area contributed by atoms with Crippen LogP contribution in [0.2, 0.25) is 0 Å². The third kappa shape index (κ3) is 4.45. The van der Waals surface area contributed by atoms with Crippen molar-refractivity contribution in [3.05, 3.63) is 54.3 Å². The molecule has 3 rings (SSSR count).